The van der Waals surface area contributed by atoms with Crippen molar-refractivity contribution in [2.75, 3.05) is 0 Å². The van der Waals surface area contributed by atoms with Crippen molar-refractivity contribution in [2.24, 2.45) is 0 Å². The van der Waals surface area contributed by atoms with Crippen LogP contribution in [0.1, 0.15) is 12.5 Å². The first-order chi connectivity index (χ1) is 8.20. The SMILES string of the molecule is CC(=O)/C(F)=C(\O[Si](C)(C)C)c1ccc(F)cc1. The van der Waals surface area contributed by atoms with Crippen molar-refractivity contribution < 1.29 is 18.0 Å². The zero-order chi connectivity index (χ0) is 13.9. The maximum Gasteiger partial charge on any atom is 0.242 e. The Kier molecular flexibility index (Phi) is 4.40. The van der Waals surface area contributed by atoms with Gasteiger partial charge >= 0.3 is 0 Å². The van der Waals surface area contributed by atoms with Gasteiger partial charge in [0.2, 0.25) is 14.1 Å². The van der Waals surface area contributed by atoms with Crippen LogP contribution >= 0.6 is 0 Å². The summed E-state index contributed by atoms with van der Waals surface area (Å²) >= 11 is 0. The molecule has 0 amide bonds. The fourth-order valence-corrected chi connectivity index (χ4v) is 2.12. The van der Waals surface area contributed by atoms with Crippen molar-refractivity contribution in [2.45, 2.75) is 26.6 Å². The van der Waals surface area contributed by atoms with Crippen molar-refractivity contribution in [1.82, 2.24) is 0 Å². The van der Waals surface area contributed by atoms with Crippen LogP contribution in [-0.2, 0) is 9.22 Å². The van der Waals surface area contributed by atoms with E-state index < -0.39 is 25.7 Å². The lowest BCUT2D eigenvalue weighted by Gasteiger charge is -2.22. The minimum absolute atomic E-state index is 0.0957. The largest absolute Gasteiger partial charge is 0.542 e. The van der Waals surface area contributed by atoms with Gasteiger partial charge in [-0.1, -0.05) is 0 Å². The van der Waals surface area contributed by atoms with Gasteiger partial charge in [-0.15, -0.1) is 0 Å². The topological polar surface area (TPSA) is 26.3 Å². The number of carbonyl (C=O) groups excluding carboxylic acids is 1. The molecule has 0 aromatic heterocycles. The standard InChI is InChI=1S/C13H16F2O2Si/c1-9(16)12(15)13(17-18(2,3)4)10-5-7-11(14)8-6-10/h5-8H,1-4H3/b13-12+. The van der Waals surface area contributed by atoms with Crippen molar-refractivity contribution in [3.8, 4) is 0 Å². The zero-order valence-electron chi connectivity index (χ0n) is 10.9. The van der Waals surface area contributed by atoms with Gasteiger partial charge in [0.1, 0.15) is 5.82 Å². The number of carbonyl (C=O) groups is 1. The number of allylic oxidation sites excluding steroid dienone is 1. The van der Waals surface area contributed by atoms with Crippen LogP contribution in [0, 0.1) is 5.82 Å². The van der Waals surface area contributed by atoms with Gasteiger partial charge in [0.05, 0.1) is 0 Å². The Morgan fingerprint density at radius 1 is 1.17 bits per heavy atom. The van der Waals surface area contributed by atoms with Crippen LogP contribution in [0.3, 0.4) is 0 Å². The van der Waals surface area contributed by atoms with Crippen molar-refractivity contribution >= 4 is 19.9 Å². The van der Waals surface area contributed by atoms with E-state index in [4.69, 9.17) is 4.43 Å². The number of hydrogen-bond donors (Lipinski definition) is 0. The number of Topliss-reactive ketones (excluding diaryl/α,β-unsaturated/α-hetero) is 1. The molecule has 0 spiro atoms. The molecule has 0 atom stereocenters. The number of hydrogen-bond acceptors (Lipinski definition) is 2. The Morgan fingerprint density at radius 3 is 2.06 bits per heavy atom. The molecular weight excluding hydrogens is 254 g/mol. The average Bonchev–Trinajstić information content (AvgIpc) is 2.25. The molecule has 2 nitrogen and oxygen atoms in total. The lowest BCUT2D eigenvalue weighted by Crippen LogP contribution is -2.25. The number of rotatable bonds is 4. The summed E-state index contributed by atoms with van der Waals surface area (Å²) in [6.07, 6.45) is 0. The lowest BCUT2D eigenvalue weighted by molar-refractivity contribution is -0.114. The van der Waals surface area contributed by atoms with E-state index in [9.17, 15) is 13.6 Å². The van der Waals surface area contributed by atoms with E-state index >= 15 is 0 Å². The molecular formula is C13H16F2O2Si. The summed E-state index contributed by atoms with van der Waals surface area (Å²) in [7, 11) is -2.07. The Labute approximate surface area is 106 Å². The van der Waals surface area contributed by atoms with Crippen LogP contribution in [0.2, 0.25) is 19.6 Å². The van der Waals surface area contributed by atoms with E-state index in [0.29, 0.717) is 5.56 Å². The summed E-state index contributed by atoms with van der Waals surface area (Å²) in [6.45, 7) is 6.77. The first kappa shape index (κ1) is 14.6. The van der Waals surface area contributed by atoms with Gasteiger partial charge in [0.25, 0.3) is 0 Å². The third kappa shape index (κ3) is 4.07. The molecule has 0 aliphatic heterocycles. The molecule has 0 aliphatic carbocycles. The van der Waals surface area contributed by atoms with E-state index in [0.717, 1.165) is 6.92 Å². The molecule has 0 aliphatic rings. The second-order valence-electron chi connectivity index (χ2n) is 4.92. The highest BCUT2D eigenvalue weighted by molar-refractivity contribution is 6.70. The van der Waals surface area contributed by atoms with Crippen LogP contribution in [0.25, 0.3) is 5.76 Å². The summed E-state index contributed by atoms with van der Waals surface area (Å²) in [5.74, 6) is -2.15. The molecule has 0 saturated heterocycles. The van der Waals surface area contributed by atoms with Crippen molar-refractivity contribution in [1.29, 1.82) is 0 Å². The molecule has 1 rings (SSSR count). The molecule has 1 aromatic rings. The predicted octanol–water partition coefficient (Wildman–Crippen LogP) is 3.90. The first-order valence-corrected chi connectivity index (χ1v) is 8.97. The summed E-state index contributed by atoms with van der Waals surface area (Å²) in [4.78, 5) is 11.1. The molecule has 98 valence electrons. The third-order valence-electron chi connectivity index (χ3n) is 2.02. The van der Waals surface area contributed by atoms with Gasteiger partial charge in [-0.2, -0.15) is 4.39 Å². The summed E-state index contributed by atoms with van der Waals surface area (Å²) in [5, 5.41) is 0. The Morgan fingerprint density at radius 2 is 1.67 bits per heavy atom. The fraction of sp³-hybridized carbons (Fsp3) is 0.308. The molecule has 0 bridgehead atoms. The van der Waals surface area contributed by atoms with Crippen LogP contribution < -0.4 is 0 Å². The lowest BCUT2D eigenvalue weighted by atomic mass is 10.1. The maximum absolute atomic E-state index is 13.8. The minimum atomic E-state index is -2.07. The fourth-order valence-electron chi connectivity index (χ4n) is 1.30. The van der Waals surface area contributed by atoms with E-state index in [2.05, 4.69) is 0 Å². The normalized spacial score (nSPS) is 13.0. The molecule has 0 unspecified atom stereocenters. The van der Waals surface area contributed by atoms with Gasteiger partial charge in [0, 0.05) is 12.5 Å². The highest BCUT2D eigenvalue weighted by Gasteiger charge is 2.23. The third-order valence-corrected chi connectivity index (χ3v) is 2.84. The van der Waals surface area contributed by atoms with Crippen LogP contribution in [0.5, 0.6) is 0 Å². The van der Waals surface area contributed by atoms with E-state index in [1.165, 1.54) is 24.3 Å². The van der Waals surface area contributed by atoms with Crippen molar-refractivity contribution in [3.05, 3.63) is 41.5 Å². The molecule has 0 N–H and O–H groups in total. The second kappa shape index (κ2) is 5.43. The summed E-state index contributed by atoms with van der Waals surface area (Å²) in [6, 6.07) is 5.20. The van der Waals surface area contributed by atoms with Crippen LogP contribution in [0.4, 0.5) is 8.78 Å². The highest BCUT2D eigenvalue weighted by atomic mass is 28.4. The molecule has 0 radical (unpaired) electrons. The van der Waals surface area contributed by atoms with E-state index in [1.54, 1.807) is 0 Å². The number of halogens is 2. The van der Waals surface area contributed by atoms with Gasteiger partial charge < -0.3 is 4.43 Å². The van der Waals surface area contributed by atoms with Gasteiger partial charge in [-0.25, -0.2) is 4.39 Å². The highest BCUT2D eigenvalue weighted by Crippen LogP contribution is 2.26. The maximum atomic E-state index is 13.8. The van der Waals surface area contributed by atoms with E-state index in [-0.39, 0.29) is 5.76 Å². The second-order valence-corrected chi connectivity index (χ2v) is 9.35. The van der Waals surface area contributed by atoms with Crippen LogP contribution in [0.15, 0.2) is 30.1 Å². The molecule has 5 heteroatoms. The van der Waals surface area contributed by atoms with Gasteiger partial charge in [-0.05, 0) is 43.9 Å². The molecule has 0 fully saturated rings. The van der Waals surface area contributed by atoms with Gasteiger partial charge in [0.15, 0.2) is 11.5 Å². The number of benzene rings is 1. The molecule has 1 aromatic carbocycles. The zero-order valence-corrected chi connectivity index (χ0v) is 11.9. The quantitative estimate of drug-likeness (QED) is 0.471. The monoisotopic (exact) mass is 270 g/mol. The smallest absolute Gasteiger partial charge is 0.242 e. The summed E-state index contributed by atoms with van der Waals surface area (Å²) < 4.78 is 32.3. The molecule has 18 heavy (non-hydrogen) atoms. The first-order valence-electron chi connectivity index (χ1n) is 5.56. The van der Waals surface area contributed by atoms with E-state index in [1.807, 2.05) is 19.6 Å². The number of ketones is 1. The summed E-state index contributed by atoms with van der Waals surface area (Å²) in [5.41, 5.74) is 0.367. The average molecular weight is 270 g/mol. The predicted molar refractivity (Wildman–Crippen MR) is 69.5 cm³/mol. The Bertz CT molecular complexity index is 473. The Balaban J connectivity index is 3.25. The van der Waals surface area contributed by atoms with Crippen molar-refractivity contribution in [3.63, 3.8) is 0 Å². The minimum Gasteiger partial charge on any atom is -0.542 e. The molecule has 0 saturated carbocycles. The van der Waals surface area contributed by atoms with Crippen LogP contribution in [-0.4, -0.2) is 14.1 Å². The Hall–Kier alpha value is -1.49. The van der Waals surface area contributed by atoms with Gasteiger partial charge in [-0.3, -0.25) is 4.79 Å². The molecule has 0 heterocycles.